The Morgan fingerprint density at radius 3 is 2.27 bits per heavy atom. The fourth-order valence-electron chi connectivity index (χ4n) is 3.26. The van der Waals surface area contributed by atoms with Gasteiger partial charge in [0.1, 0.15) is 0 Å². The lowest BCUT2D eigenvalue weighted by molar-refractivity contribution is -0.141. The fraction of sp³-hybridized carbons (Fsp3) is 0.800. The summed E-state index contributed by atoms with van der Waals surface area (Å²) in [5.41, 5.74) is 0. The van der Waals surface area contributed by atoms with E-state index in [0.717, 1.165) is 25.7 Å². The largest absolute Gasteiger partial charge is 0.481 e. The monoisotopic (exact) mass is 311 g/mol. The Morgan fingerprint density at radius 2 is 1.64 bits per heavy atom. The number of carboxylic acids is 1. The van der Waals surface area contributed by atoms with E-state index in [1.165, 1.54) is 6.42 Å². The molecule has 3 amide bonds. The highest BCUT2D eigenvalue weighted by atomic mass is 16.4. The molecular formula is C15H25N3O4. The summed E-state index contributed by atoms with van der Waals surface area (Å²) in [4.78, 5) is 34.3. The highest BCUT2D eigenvalue weighted by Gasteiger charge is 2.30. The van der Waals surface area contributed by atoms with Crippen LogP contribution in [0.1, 0.15) is 51.4 Å². The van der Waals surface area contributed by atoms with Gasteiger partial charge in [0.05, 0.1) is 12.5 Å². The molecule has 0 aromatic carbocycles. The standard InChI is InChI=1S/C15H25N3O4/c19-13(17-12-7-6-10(8-12)14(20)21)9-16-15(22)18-11-4-2-1-3-5-11/h10-12H,1-9H2,(H,17,19)(H,20,21)(H2,16,18,22)/t10-,12+/m0/s1. The third kappa shape index (κ3) is 5.20. The van der Waals surface area contributed by atoms with E-state index in [9.17, 15) is 14.4 Å². The Hall–Kier alpha value is -1.79. The summed E-state index contributed by atoms with van der Waals surface area (Å²) < 4.78 is 0. The lowest BCUT2D eigenvalue weighted by atomic mass is 9.96. The number of carboxylic acid groups (broad SMARTS) is 1. The lowest BCUT2D eigenvalue weighted by Gasteiger charge is -2.22. The van der Waals surface area contributed by atoms with E-state index in [2.05, 4.69) is 16.0 Å². The van der Waals surface area contributed by atoms with Crippen LogP contribution in [0.2, 0.25) is 0 Å². The number of hydrogen-bond donors (Lipinski definition) is 4. The van der Waals surface area contributed by atoms with Crippen molar-refractivity contribution in [2.24, 2.45) is 5.92 Å². The zero-order valence-corrected chi connectivity index (χ0v) is 12.8. The van der Waals surface area contributed by atoms with Crippen molar-refractivity contribution >= 4 is 17.9 Å². The molecule has 2 rings (SSSR count). The van der Waals surface area contributed by atoms with Crippen molar-refractivity contribution < 1.29 is 19.5 Å². The molecule has 2 saturated carbocycles. The molecule has 0 unspecified atom stereocenters. The maximum absolute atomic E-state index is 11.8. The Balaban J connectivity index is 1.61. The second-order valence-corrected chi connectivity index (χ2v) is 6.27. The Morgan fingerprint density at radius 1 is 0.909 bits per heavy atom. The van der Waals surface area contributed by atoms with Crippen LogP contribution in [0.15, 0.2) is 0 Å². The number of hydrogen-bond acceptors (Lipinski definition) is 3. The predicted molar refractivity (Wildman–Crippen MR) is 80.3 cm³/mol. The summed E-state index contributed by atoms with van der Waals surface area (Å²) in [5, 5.41) is 17.1. The van der Waals surface area contributed by atoms with E-state index in [4.69, 9.17) is 5.11 Å². The van der Waals surface area contributed by atoms with Gasteiger partial charge in [-0.05, 0) is 32.1 Å². The van der Waals surface area contributed by atoms with Crippen molar-refractivity contribution in [2.75, 3.05) is 6.54 Å². The van der Waals surface area contributed by atoms with Crippen LogP contribution >= 0.6 is 0 Å². The SMILES string of the molecule is O=C(CNC(=O)NC1CCCCC1)N[C@@H]1CC[C@H](C(=O)O)C1. The van der Waals surface area contributed by atoms with Crippen molar-refractivity contribution in [1.29, 1.82) is 0 Å². The van der Waals surface area contributed by atoms with Gasteiger partial charge >= 0.3 is 12.0 Å². The predicted octanol–water partition coefficient (Wildman–Crippen LogP) is 0.988. The Kier molecular flexibility index (Phi) is 6.03. The molecule has 4 N–H and O–H groups in total. The van der Waals surface area contributed by atoms with Gasteiger partial charge in [0.2, 0.25) is 5.91 Å². The number of nitrogens with one attached hydrogen (secondary N) is 3. The van der Waals surface area contributed by atoms with E-state index in [1.807, 2.05) is 0 Å². The maximum atomic E-state index is 11.8. The molecule has 2 fully saturated rings. The average Bonchev–Trinajstić information content (AvgIpc) is 2.95. The van der Waals surface area contributed by atoms with E-state index >= 15 is 0 Å². The number of rotatable bonds is 5. The molecule has 7 heteroatoms. The summed E-state index contributed by atoms with van der Waals surface area (Å²) >= 11 is 0. The Labute approximate surface area is 130 Å². The van der Waals surface area contributed by atoms with Crippen molar-refractivity contribution in [1.82, 2.24) is 16.0 Å². The minimum Gasteiger partial charge on any atom is -0.481 e. The molecule has 0 aliphatic heterocycles. The van der Waals surface area contributed by atoms with Gasteiger partial charge in [-0.3, -0.25) is 9.59 Å². The van der Waals surface area contributed by atoms with Gasteiger partial charge in [0, 0.05) is 12.1 Å². The number of carbonyl (C=O) groups is 3. The molecule has 0 aromatic rings. The number of urea groups is 1. The smallest absolute Gasteiger partial charge is 0.315 e. The first kappa shape index (κ1) is 16.6. The van der Waals surface area contributed by atoms with Crippen LogP contribution in [0.25, 0.3) is 0 Å². The van der Waals surface area contributed by atoms with Gasteiger partial charge in [-0.25, -0.2) is 4.79 Å². The summed E-state index contributed by atoms with van der Waals surface area (Å²) in [6.45, 7) is -0.0766. The van der Waals surface area contributed by atoms with Gasteiger partial charge in [-0.1, -0.05) is 19.3 Å². The molecule has 2 aliphatic rings. The second kappa shape index (κ2) is 8.00. The van der Waals surface area contributed by atoms with Crippen LogP contribution in [-0.4, -0.2) is 41.6 Å². The molecule has 0 heterocycles. The van der Waals surface area contributed by atoms with Crippen LogP contribution in [0, 0.1) is 5.92 Å². The quantitative estimate of drug-likeness (QED) is 0.607. The van der Waals surface area contributed by atoms with E-state index in [1.54, 1.807) is 0 Å². The topological polar surface area (TPSA) is 108 Å². The molecule has 0 aromatic heterocycles. The number of aliphatic carboxylic acids is 1. The highest BCUT2D eigenvalue weighted by molar-refractivity contribution is 5.84. The molecule has 0 bridgehead atoms. The van der Waals surface area contributed by atoms with Crippen LogP contribution in [0.3, 0.4) is 0 Å². The molecule has 0 saturated heterocycles. The van der Waals surface area contributed by atoms with Crippen molar-refractivity contribution in [3.8, 4) is 0 Å². The zero-order chi connectivity index (χ0) is 15.9. The molecule has 7 nitrogen and oxygen atoms in total. The first-order valence-corrected chi connectivity index (χ1v) is 8.11. The van der Waals surface area contributed by atoms with E-state index < -0.39 is 5.97 Å². The van der Waals surface area contributed by atoms with E-state index in [-0.39, 0.29) is 36.5 Å². The van der Waals surface area contributed by atoms with Gasteiger partial charge in [0.25, 0.3) is 0 Å². The first-order valence-electron chi connectivity index (χ1n) is 8.11. The molecule has 2 atom stereocenters. The Bertz CT molecular complexity index is 421. The van der Waals surface area contributed by atoms with Crippen molar-refractivity contribution in [3.05, 3.63) is 0 Å². The van der Waals surface area contributed by atoms with Crippen LogP contribution in [-0.2, 0) is 9.59 Å². The van der Waals surface area contributed by atoms with Gasteiger partial charge in [-0.15, -0.1) is 0 Å². The summed E-state index contributed by atoms with van der Waals surface area (Å²) in [7, 11) is 0. The minimum absolute atomic E-state index is 0.0766. The minimum atomic E-state index is -0.804. The average molecular weight is 311 g/mol. The van der Waals surface area contributed by atoms with Crippen LogP contribution in [0.4, 0.5) is 4.79 Å². The summed E-state index contributed by atoms with van der Waals surface area (Å²) in [5.74, 6) is -1.44. The van der Waals surface area contributed by atoms with Crippen molar-refractivity contribution in [3.63, 3.8) is 0 Å². The first-order chi connectivity index (χ1) is 10.5. The number of amides is 3. The highest BCUT2D eigenvalue weighted by Crippen LogP contribution is 2.25. The van der Waals surface area contributed by atoms with Crippen molar-refractivity contribution in [2.45, 2.75) is 63.5 Å². The lowest BCUT2D eigenvalue weighted by Crippen LogP contribution is -2.47. The van der Waals surface area contributed by atoms with Crippen LogP contribution in [0.5, 0.6) is 0 Å². The fourth-order valence-corrected chi connectivity index (χ4v) is 3.26. The molecule has 2 aliphatic carbocycles. The van der Waals surface area contributed by atoms with Gasteiger partial charge in [-0.2, -0.15) is 0 Å². The third-order valence-electron chi connectivity index (χ3n) is 4.50. The summed E-state index contributed by atoms with van der Waals surface area (Å²) in [6.07, 6.45) is 7.23. The van der Waals surface area contributed by atoms with E-state index in [0.29, 0.717) is 19.3 Å². The normalized spacial score (nSPS) is 25.5. The third-order valence-corrected chi connectivity index (χ3v) is 4.50. The van der Waals surface area contributed by atoms with Gasteiger partial charge < -0.3 is 21.1 Å². The number of carbonyl (C=O) groups excluding carboxylic acids is 2. The molecule has 22 heavy (non-hydrogen) atoms. The maximum Gasteiger partial charge on any atom is 0.315 e. The summed E-state index contributed by atoms with van der Waals surface area (Å²) in [6, 6.07) is -0.198. The molecule has 0 radical (unpaired) electrons. The molecular weight excluding hydrogens is 286 g/mol. The van der Waals surface area contributed by atoms with Gasteiger partial charge in [0.15, 0.2) is 0 Å². The molecule has 0 spiro atoms. The van der Waals surface area contributed by atoms with Crippen LogP contribution < -0.4 is 16.0 Å². The molecule has 124 valence electrons. The second-order valence-electron chi connectivity index (χ2n) is 6.27. The zero-order valence-electron chi connectivity index (χ0n) is 12.8.